The van der Waals surface area contributed by atoms with Crippen molar-refractivity contribution in [1.82, 2.24) is 0 Å². The van der Waals surface area contributed by atoms with Crippen molar-refractivity contribution in [2.45, 2.75) is 27.7 Å². The van der Waals surface area contributed by atoms with E-state index in [-0.39, 0.29) is 41.9 Å². The molecule has 0 radical (unpaired) electrons. The monoisotopic (exact) mass is 303 g/mol. The maximum atomic E-state index is 8.04. The molecule has 94 valence electrons. The van der Waals surface area contributed by atoms with E-state index in [2.05, 4.69) is 45.9 Å². The molecule has 16 heavy (non-hydrogen) atoms. The smallest absolute Gasteiger partial charge is 1.00 e. The number of hydrogen-bond acceptors (Lipinski definition) is 1. The van der Waals surface area contributed by atoms with E-state index in [4.69, 9.17) is 5.41 Å². The summed E-state index contributed by atoms with van der Waals surface area (Å²) in [6, 6.07) is 0. The Balaban J connectivity index is -0.000000563. The fourth-order valence-corrected chi connectivity index (χ4v) is 1.72. The van der Waals surface area contributed by atoms with Gasteiger partial charge in [-0.3, -0.25) is 0 Å². The molecule has 0 fully saturated rings. The van der Waals surface area contributed by atoms with Crippen LogP contribution in [-0.4, -0.2) is 5.71 Å². The zero-order valence-corrected chi connectivity index (χ0v) is 12.7. The molecule has 0 amide bonds. The molecule has 0 aliphatic heterocycles. The van der Waals surface area contributed by atoms with Crippen LogP contribution in [0.5, 0.6) is 0 Å². The number of nitrogens with one attached hydrogen (secondary N) is 1. The zero-order chi connectivity index (χ0) is 10.0. The van der Waals surface area contributed by atoms with Crippen molar-refractivity contribution < 1.29 is 41.9 Å². The molecular weight excluding hydrogens is 285 g/mol. The molecular formula is C12H19Cl2FeN. The molecule has 0 bridgehead atoms. The second kappa shape index (κ2) is 9.30. The summed E-state index contributed by atoms with van der Waals surface area (Å²) in [4.78, 5) is 0. The molecule has 1 nitrogen and oxygen atoms in total. The Morgan fingerprint density at radius 2 is 1.62 bits per heavy atom. The van der Waals surface area contributed by atoms with E-state index < -0.39 is 0 Å². The third-order valence-electron chi connectivity index (χ3n) is 2.58. The van der Waals surface area contributed by atoms with Gasteiger partial charge in [0.2, 0.25) is 0 Å². The van der Waals surface area contributed by atoms with Crippen molar-refractivity contribution in [2.75, 3.05) is 0 Å². The number of rotatable bonds is 2. The summed E-state index contributed by atoms with van der Waals surface area (Å²) in [5, 5.41) is 8.04. The molecule has 4 heteroatoms. The van der Waals surface area contributed by atoms with Gasteiger partial charge in [0.25, 0.3) is 0 Å². The number of hydrogen-bond donors (Lipinski definition) is 1. The van der Waals surface area contributed by atoms with E-state index in [1.54, 1.807) is 0 Å². The Labute approximate surface area is 122 Å². The first-order valence-electron chi connectivity index (χ1n) is 5.01. The first kappa shape index (κ1) is 21.5. The van der Waals surface area contributed by atoms with E-state index >= 15 is 0 Å². The van der Waals surface area contributed by atoms with Gasteiger partial charge in [0, 0.05) is 11.6 Å². The Hall–Kier alpha value is 0.249. The van der Waals surface area contributed by atoms with Crippen LogP contribution in [0.4, 0.5) is 0 Å². The zero-order valence-electron chi connectivity index (χ0n) is 10.1. The van der Waals surface area contributed by atoms with Crippen molar-refractivity contribution in [3.8, 4) is 0 Å². The number of halogens is 2. The van der Waals surface area contributed by atoms with Crippen LogP contribution in [0.25, 0.3) is 0 Å². The molecule has 1 unspecified atom stereocenters. The van der Waals surface area contributed by atoms with Gasteiger partial charge in [-0.15, -0.1) is 0 Å². The quantitative estimate of drug-likeness (QED) is 0.543. The van der Waals surface area contributed by atoms with Crippen LogP contribution in [0.2, 0.25) is 0 Å². The fourth-order valence-electron chi connectivity index (χ4n) is 1.72. The Bertz CT molecular complexity index is 270. The van der Waals surface area contributed by atoms with Crippen LogP contribution in [0.1, 0.15) is 27.7 Å². The SMILES string of the molecule is CC(C)C1=CC=CC(C(C)C)C1=N.[Cl-].[Cl-].[Fe+2]. The Morgan fingerprint density at radius 3 is 2.00 bits per heavy atom. The summed E-state index contributed by atoms with van der Waals surface area (Å²) in [5.41, 5.74) is 2.01. The van der Waals surface area contributed by atoms with Gasteiger partial charge in [-0.05, 0) is 17.4 Å². The summed E-state index contributed by atoms with van der Waals surface area (Å²) in [6.45, 7) is 8.65. The molecule has 0 aromatic carbocycles. The van der Waals surface area contributed by atoms with Crippen molar-refractivity contribution >= 4 is 5.71 Å². The average Bonchev–Trinajstić information content (AvgIpc) is 2.03. The standard InChI is InChI=1S/C12H19N.2ClH.Fe/c1-8(2)10-6-5-7-11(9(3)4)12(10)13;;;/h5-10,13H,1-4H3;2*1H;/q;;;+2/p-2. The summed E-state index contributed by atoms with van der Waals surface area (Å²) < 4.78 is 0. The van der Waals surface area contributed by atoms with Gasteiger partial charge in [0.15, 0.2) is 0 Å². The third kappa shape index (κ3) is 5.05. The van der Waals surface area contributed by atoms with Crippen molar-refractivity contribution in [3.63, 3.8) is 0 Å². The average molecular weight is 304 g/mol. The minimum atomic E-state index is 0. The molecule has 0 aromatic rings. The van der Waals surface area contributed by atoms with Gasteiger partial charge in [-0.25, -0.2) is 0 Å². The van der Waals surface area contributed by atoms with Crippen molar-refractivity contribution in [3.05, 3.63) is 23.8 Å². The summed E-state index contributed by atoms with van der Waals surface area (Å²) in [7, 11) is 0. The normalized spacial score (nSPS) is 18.5. The van der Waals surface area contributed by atoms with Gasteiger partial charge in [0.1, 0.15) is 0 Å². The van der Waals surface area contributed by atoms with Crippen LogP contribution in [0.15, 0.2) is 23.8 Å². The van der Waals surface area contributed by atoms with E-state index in [0.29, 0.717) is 17.8 Å². The van der Waals surface area contributed by atoms with E-state index in [1.807, 2.05) is 0 Å². The first-order valence-corrected chi connectivity index (χ1v) is 5.01. The van der Waals surface area contributed by atoms with E-state index in [0.717, 1.165) is 5.71 Å². The molecule has 1 rings (SSSR count). The first-order chi connectivity index (χ1) is 6.04. The molecule has 1 N–H and O–H groups in total. The van der Waals surface area contributed by atoms with Crippen molar-refractivity contribution in [2.24, 2.45) is 17.8 Å². The molecule has 0 aromatic heterocycles. The molecule has 1 aliphatic carbocycles. The van der Waals surface area contributed by atoms with Gasteiger partial charge >= 0.3 is 17.1 Å². The summed E-state index contributed by atoms with van der Waals surface area (Å²) in [5.74, 6) is 1.33. The topological polar surface area (TPSA) is 23.9 Å². The maximum absolute atomic E-state index is 8.04. The second-order valence-corrected chi connectivity index (χ2v) is 4.35. The molecule has 1 aliphatic rings. The largest absolute Gasteiger partial charge is 2.00 e. The van der Waals surface area contributed by atoms with Crippen LogP contribution in [-0.2, 0) is 17.1 Å². The van der Waals surface area contributed by atoms with E-state index in [9.17, 15) is 0 Å². The van der Waals surface area contributed by atoms with Crippen molar-refractivity contribution in [1.29, 1.82) is 5.41 Å². The third-order valence-corrected chi connectivity index (χ3v) is 2.58. The number of allylic oxidation sites excluding steroid dienone is 4. The maximum Gasteiger partial charge on any atom is 2.00 e. The molecule has 0 spiro atoms. The fraction of sp³-hybridized carbons (Fsp3) is 0.583. The molecule has 0 heterocycles. The molecule has 0 saturated carbocycles. The predicted molar refractivity (Wildman–Crippen MR) is 58.1 cm³/mol. The van der Waals surface area contributed by atoms with Gasteiger partial charge in [-0.1, -0.05) is 45.9 Å². The van der Waals surface area contributed by atoms with Gasteiger partial charge in [0.05, 0.1) is 0 Å². The Kier molecular flexibility index (Phi) is 12.5. The van der Waals surface area contributed by atoms with Crippen LogP contribution in [0.3, 0.4) is 0 Å². The van der Waals surface area contributed by atoms with Crippen LogP contribution in [0, 0.1) is 23.2 Å². The van der Waals surface area contributed by atoms with Crippen LogP contribution >= 0.6 is 0 Å². The molecule has 1 atom stereocenters. The summed E-state index contributed by atoms with van der Waals surface area (Å²) >= 11 is 0. The predicted octanol–water partition coefficient (Wildman–Crippen LogP) is -2.56. The Morgan fingerprint density at radius 1 is 1.12 bits per heavy atom. The van der Waals surface area contributed by atoms with Crippen LogP contribution < -0.4 is 24.8 Å². The molecule has 0 saturated heterocycles. The van der Waals surface area contributed by atoms with Gasteiger partial charge < -0.3 is 30.2 Å². The summed E-state index contributed by atoms with van der Waals surface area (Å²) in [6.07, 6.45) is 6.31. The minimum absolute atomic E-state index is 0. The minimum Gasteiger partial charge on any atom is -1.00 e. The van der Waals surface area contributed by atoms with E-state index in [1.165, 1.54) is 5.57 Å². The second-order valence-electron chi connectivity index (χ2n) is 4.35. The van der Waals surface area contributed by atoms with Gasteiger partial charge in [-0.2, -0.15) is 0 Å².